The Kier molecular flexibility index (Phi) is 4.61. The molecule has 0 fully saturated rings. The average Bonchev–Trinajstić information content (AvgIpc) is 2.89. The van der Waals surface area contributed by atoms with E-state index in [4.69, 9.17) is 9.47 Å². The van der Waals surface area contributed by atoms with Crippen molar-refractivity contribution in [3.05, 3.63) is 72.2 Å². The topological polar surface area (TPSA) is 68.7 Å². The van der Waals surface area contributed by atoms with Crippen LogP contribution in [0.4, 0.5) is 5.69 Å². The number of allylic oxidation sites excluding steroid dienone is 2. The van der Waals surface area contributed by atoms with Gasteiger partial charge in [-0.25, -0.2) is 9.59 Å². The van der Waals surface area contributed by atoms with Gasteiger partial charge in [-0.05, 0) is 36.4 Å². The Bertz CT molecular complexity index is 923. The lowest BCUT2D eigenvalue weighted by Crippen LogP contribution is -2.27. The molecule has 6 heteroatoms. The highest BCUT2D eigenvalue weighted by molar-refractivity contribution is 6.07. The molecule has 0 N–H and O–H groups in total. The van der Waals surface area contributed by atoms with Crippen molar-refractivity contribution < 1.29 is 19.1 Å². The van der Waals surface area contributed by atoms with Crippen LogP contribution in [-0.4, -0.2) is 31.1 Å². The van der Waals surface area contributed by atoms with Crippen molar-refractivity contribution in [2.75, 3.05) is 19.1 Å². The monoisotopic (exact) mass is 336 g/mol. The number of benzene rings is 1. The van der Waals surface area contributed by atoms with Gasteiger partial charge in [0.05, 0.1) is 31.0 Å². The van der Waals surface area contributed by atoms with Gasteiger partial charge in [-0.15, -0.1) is 0 Å². The number of pyridine rings is 1. The minimum Gasteiger partial charge on any atom is -0.465 e. The summed E-state index contributed by atoms with van der Waals surface area (Å²) in [6.45, 7) is 0. The first-order valence-corrected chi connectivity index (χ1v) is 7.56. The van der Waals surface area contributed by atoms with Gasteiger partial charge in [0.1, 0.15) is 5.70 Å². The molecule has 0 atom stereocenters. The van der Waals surface area contributed by atoms with Gasteiger partial charge >= 0.3 is 11.9 Å². The molecule has 0 aliphatic carbocycles. The molecule has 0 radical (unpaired) electrons. The molecule has 25 heavy (non-hydrogen) atoms. The summed E-state index contributed by atoms with van der Waals surface area (Å²) < 4.78 is 9.72. The molecule has 126 valence electrons. The van der Waals surface area contributed by atoms with Crippen molar-refractivity contribution >= 4 is 28.5 Å². The molecule has 0 saturated carbocycles. The maximum absolute atomic E-state index is 12.5. The highest BCUT2D eigenvalue weighted by Gasteiger charge is 2.28. The maximum Gasteiger partial charge on any atom is 0.355 e. The molecule has 1 aromatic carbocycles. The molecule has 0 unspecified atom stereocenters. The Hall–Kier alpha value is -3.41. The molecule has 2 aromatic rings. The number of hydrogen-bond acceptors (Lipinski definition) is 6. The lowest BCUT2D eigenvalue weighted by molar-refractivity contribution is -0.139. The standard InChI is InChI=1S/C19H16N2O4/c1-24-18(22)14-7-3-4-12-21(17(14)19(23)25-2)16-10-5-9-15-13(16)8-6-11-20-15/h3-12H,1-2H3. The number of aromatic nitrogens is 1. The summed E-state index contributed by atoms with van der Waals surface area (Å²) in [4.78, 5) is 30.6. The Morgan fingerprint density at radius 2 is 1.80 bits per heavy atom. The van der Waals surface area contributed by atoms with Gasteiger partial charge in [-0.1, -0.05) is 12.1 Å². The van der Waals surface area contributed by atoms with E-state index in [2.05, 4.69) is 4.98 Å². The Labute approximate surface area is 144 Å². The number of anilines is 1. The number of esters is 2. The molecular formula is C19H16N2O4. The molecule has 1 aliphatic heterocycles. The summed E-state index contributed by atoms with van der Waals surface area (Å²) in [5.41, 5.74) is 1.66. The summed E-state index contributed by atoms with van der Waals surface area (Å²) in [7, 11) is 2.54. The summed E-state index contributed by atoms with van der Waals surface area (Å²) in [5.74, 6) is -1.26. The van der Waals surface area contributed by atoms with Crippen LogP contribution >= 0.6 is 0 Å². The van der Waals surface area contributed by atoms with E-state index >= 15 is 0 Å². The Balaban J connectivity index is 2.28. The number of methoxy groups -OCH3 is 2. The summed E-state index contributed by atoms with van der Waals surface area (Å²) in [6, 6.07) is 9.27. The highest BCUT2D eigenvalue weighted by Crippen LogP contribution is 2.31. The average molecular weight is 336 g/mol. The van der Waals surface area contributed by atoms with Crippen LogP contribution in [0, 0.1) is 0 Å². The van der Waals surface area contributed by atoms with Crippen LogP contribution in [0.5, 0.6) is 0 Å². The Morgan fingerprint density at radius 3 is 2.56 bits per heavy atom. The third kappa shape index (κ3) is 3.01. The van der Waals surface area contributed by atoms with Crippen molar-refractivity contribution in [2.24, 2.45) is 0 Å². The first-order valence-electron chi connectivity index (χ1n) is 7.56. The number of carbonyl (C=O) groups is 2. The second-order valence-electron chi connectivity index (χ2n) is 5.16. The van der Waals surface area contributed by atoms with E-state index in [1.54, 1.807) is 29.4 Å². The van der Waals surface area contributed by atoms with E-state index in [0.29, 0.717) is 5.69 Å². The van der Waals surface area contributed by atoms with Crippen molar-refractivity contribution in [3.63, 3.8) is 0 Å². The molecular weight excluding hydrogens is 320 g/mol. The predicted molar refractivity (Wildman–Crippen MR) is 93.6 cm³/mol. The first-order chi connectivity index (χ1) is 12.2. The molecule has 6 nitrogen and oxygen atoms in total. The van der Waals surface area contributed by atoms with Crippen molar-refractivity contribution in [3.8, 4) is 0 Å². The number of fused-ring (bicyclic) bond motifs is 1. The lowest BCUT2D eigenvalue weighted by Gasteiger charge is -2.24. The van der Waals surface area contributed by atoms with Gasteiger partial charge in [0, 0.05) is 17.8 Å². The van der Waals surface area contributed by atoms with Crippen LogP contribution in [0.2, 0.25) is 0 Å². The molecule has 0 amide bonds. The van der Waals surface area contributed by atoms with Crippen LogP contribution in [0.3, 0.4) is 0 Å². The van der Waals surface area contributed by atoms with Crippen LogP contribution in [0.1, 0.15) is 0 Å². The van der Waals surface area contributed by atoms with Crippen LogP contribution in [0.25, 0.3) is 10.9 Å². The maximum atomic E-state index is 12.5. The molecule has 2 heterocycles. The number of rotatable bonds is 3. The number of nitrogens with zero attached hydrogens (tertiary/aromatic N) is 2. The normalized spacial score (nSPS) is 13.8. The third-order valence-electron chi connectivity index (χ3n) is 3.77. The fourth-order valence-corrected chi connectivity index (χ4v) is 2.65. The van der Waals surface area contributed by atoms with E-state index in [1.807, 2.05) is 30.3 Å². The van der Waals surface area contributed by atoms with E-state index in [9.17, 15) is 9.59 Å². The molecule has 0 bridgehead atoms. The van der Waals surface area contributed by atoms with E-state index in [-0.39, 0.29) is 11.3 Å². The zero-order valence-corrected chi connectivity index (χ0v) is 13.8. The molecule has 1 aliphatic rings. The lowest BCUT2D eigenvalue weighted by atomic mass is 10.1. The largest absolute Gasteiger partial charge is 0.465 e. The smallest absolute Gasteiger partial charge is 0.355 e. The molecule has 0 saturated heterocycles. The van der Waals surface area contributed by atoms with Crippen LogP contribution in [0.15, 0.2) is 72.2 Å². The second kappa shape index (κ2) is 7.00. The van der Waals surface area contributed by atoms with E-state index < -0.39 is 11.9 Å². The molecule has 3 rings (SSSR count). The summed E-state index contributed by atoms with van der Waals surface area (Å²) in [5, 5.41) is 0.835. The number of hydrogen-bond donors (Lipinski definition) is 0. The van der Waals surface area contributed by atoms with Gasteiger partial charge in [0.2, 0.25) is 0 Å². The second-order valence-corrected chi connectivity index (χ2v) is 5.16. The first kappa shape index (κ1) is 16.4. The fraction of sp³-hybridized carbons (Fsp3) is 0.105. The van der Waals surface area contributed by atoms with Crippen molar-refractivity contribution in [1.82, 2.24) is 4.98 Å². The number of ether oxygens (including phenoxy) is 2. The minimum absolute atomic E-state index is 0.0794. The SMILES string of the molecule is COC(=O)C1=C(C(=O)OC)N(c2cccc3ncccc23)C=CC=C1. The quantitative estimate of drug-likeness (QED) is 0.803. The zero-order valence-electron chi connectivity index (χ0n) is 13.8. The van der Waals surface area contributed by atoms with Gasteiger partial charge in [0.15, 0.2) is 0 Å². The van der Waals surface area contributed by atoms with Gasteiger partial charge in [-0.3, -0.25) is 4.98 Å². The fourth-order valence-electron chi connectivity index (χ4n) is 2.65. The van der Waals surface area contributed by atoms with Crippen LogP contribution in [-0.2, 0) is 19.1 Å². The van der Waals surface area contributed by atoms with Crippen molar-refractivity contribution in [2.45, 2.75) is 0 Å². The third-order valence-corrected chi connectivity index (χ3v) is 3.77. The summed E-state index contributed by atoms with van der Waals surface area (Å²) >= 11 is 0. The van der Waals surface area contributed by atoms with Gasteiger partial charge in [0.25, 0.3) is 0 Å². The Morgan fingerprint density at radius 1 is 1.00 bits per heavy atom. The van der Waals surface area contributed by atoms with E-state index in [0.717, 1.165) is 10.9 Å². The molecule has 1 aromatic heterocycles. The summed E-state index contributed by atoms with van der Waals surface area (Å²) in [6.07, 6.45) is 8.31. The molecule has 0 spiro atoms. The minimum atomic E-state index is -0.641. The highest BCUT2D eigenvalue weighted by atomic mass is 16.5. The van der Waals surface area contributed by atoms with E-state index in [1.165, 1.54) is 20.3 Å². The van der Waals surface area contributed by atoms with Crippen molar-refractivity contribution in [1.29, 1.82) is 0 Å². The predicted octanol–water partition coefficient (Wildman–Crippen LogP) is 2.72. The van der Waals surface area contributed by atoms with Gasteiger partial charge < -0.3 is 14.4 Å². The zero-order chi connectivity index (χ0) is 17.8. The number of carbonyl (C=O) groups excluding carboxylic acids is 2. The van der Waals surface area contributed by atoms with Gasteiger partial charge in [-0.2, -0.15) is 0 Å². The van der Waals surface area contributed by atoms with Crippen LogP contribution < -0.4 is 4.90 Å².